The summed E-state index contributed by atoms with van der Waals surface area (Å²) in [6.45, 7) is 8.08. The predicted octanol–water partition coefficient (Wildman–Crippen LogP) is 2.72. The van der Waals surface area contributed by atoms with Crippen molar-refractivity contribution in [2.75, 3.05) is 18.1 Å². The van der Waals surface area contributed by atoms with Crippen LogP contribution in [0.25, 0.3) is 0 Å². The van der Waals surface area contributed by atoms with Gasteiger partial charge in [0.1, 0.15) is 27.7 Å². The van der Waals surface area contributed by atoms with Crippen LogP contribution in [0.2, 0.25) is 5.15 Å². The molecular weight excluding hydrogens is 478 g/mol. The molecule has 1 atom stereocenters. The first kappa shape index (κ1) is 25.4. The van der Waals surface area contributed by atoms with Crippen LogP contribution >= 0.6 is 22.9 Å². The molecule has 0 bridgehead atoms. The lowest BCUT2D eigenvalue weighted by atomic mass is 9.88. The number of nitrogens with two attached hydrogens (primary N) is 1. The summed E-state index contributed by atoms with van der Waals surface area (Å²) in [6, 6.07) is 1.23. The zero-order chi connectivity index (χ0) is 25.0. The molecule has 3 aromatic rings. The second-order valence-corrected chi connectivity index (χ2v) is 9.93. The minimum absolute atomic E-state index is 0.180. The molecule has 5 N–H and O–H groups in total. The van der Waals surface area contributed by atoms with E-state index in [0.29, 0.717) is 27.1 Å². The van der Waals surface area contributed by atoms with Crippen molar-refractivity contribution in [3.8, 4) is 0 Å². The number of anilines is 2. The van der Waals surface area contributed by atoms with Crippen molar-refractivity contribution in [3.05, 3.63) is 50.4 Å². The molecule has 3 heterocycles. The van der Waals surface area contributed by atoms with Gasteiger partial charge in [0.2, 0.25) is 0 Å². The van der Waals surface area contributed by atoms with E-state index in [0.717, 1.165) is 16.9 Å². The highest BCUT2D eigenvalue weighted by Crippen LogP contribution is 2.29. The first-order valence-corrected chi connectivity index (χ1v) is 11.6. The van der Waals surface area contributed by atoms with E-state index in [1.807, 2.05) is 20.8 Å². The van der Waals surface area contributed by atoms with Gasteiger partial charge in [0.15, 0.2) is 11.0 Å². The first-order chi connectivity index (χ1) is 16.0. The lowest BCUT2D eigenvalue weighted by Gasteiger charge is -2.20. The molecular formula is C21H26ClN9O2S. The Morgan fingerprint density at radius 3 is 2.59 bits per heavy atom. The van der Waals surface area contributed by atoms with Crippen molar-refractivity contribution in [3.63, 3.8) is 0 Å². The zero-order valence-corrected chi connectivity index (χ0v) is 21.0. The van der Waals surface area contributed by atoms with Crippen molar-refractivity contribution >= 4 is 46.4 Å². The summed E-state index contributed by atoms with van der Waals surface area (Å²) in [4.78, 5) is 38.2. The fourth-order valence-electron chi connectivity index (χ4n) is 3.03. The van der Waals surface area contributed by atoms with Gasteiger partial charge >= 0.3 is 0 Å². The highest BCUT2D eigenvalue weighted by Gasteiger charge is 2.23. The second kappa shape index (κ2) is 10.4. The molecule has 2 amide bonds. The molecule has 3 aromatic heterocycles. The molecule has 0 aliphatic carbocycles. The Hall–Kier alpha value is -3.22. The zero-order valence-electron chi connectivity index (χ0n) is 19.4. The van der Waals surface area contributed by atoms with Gasteiger partial charge in [-0.2, -0.15) is 0 Å². The molecule has 11 nitrogen and oxygen atoms in total. The normalized spacial score (nSPS) is 12.3. The molecule has 0 saturated carbocycles. The van der Waals surface area contributed by atoms with Crippen LogP contribution in [0.1, 0.15) is 70.0 Å². The second-order valence-electron chi connectivity index (χ2n) is 8.51. The fraction of sp³-hybridized carbons (Fsp3) is 0.381. The van der Waals surface area contributed by atoms with E-state index in [-0.39, 0.29) is 22.7 Å². The number of carbonyl (C=O) groups excluding carboxylic acids is 2. The van der Waals surface area contributed by atoms with E-state index in [2.05, 4.69) is 41.1 Å². The maximum Gasteiger partial charge on any atom is 0.270 e. The van der Waals surface area contributed by atoms with Gasteiger partial charge < -0.3 is 21.7 Å². The molecule has 0 aliphatic heterocycles. The largest absolute Gasteiger partial charge is 0.383 e. The smallest absolute Gasteiger partial charge is 0.270 e. The molecule has 3 rings (SSSR count). The van der Waals surface area contributed by atoms with Crippen LogP contribution in [0.15, 0.2) is 18.6 Å². The number of hydrogen-bond acceptors (Lipinski definition) is 10. The van der Waals surface area contributed by atoms with Crippen LogP contribution in [0.4, 0.5) is 11.6 Å². The molecule has 0 spiro atoms. The Morgan fingerprint density at radius 2 is 1.91 bits per heavy atom. The predicted molar refractivity (Wildman–Crippen MR) is 131 cm³/mol. The van der Waals surface area contributed by atoms with Crippen molar-refractivity contribution in [1.82, 2.24) is 35.8 Å². The Kier molecular flexibility index (Phi) is 7.75. The Labute approximate surface area is 206 Å². The van der Waals surface area contributed by atoms with Crippen LogP contribution in [-0.4, -0.2) is 44.0 Å². The van der Waals surface area contributed by atoms with Crippen molar-refractivity contribution < 1.29 is 9.59 Å². The number of halogens is 1. The van der Waals surface area contributed by atoms with E-state index in [4.69, 9.17) is 17.3 Å². The Morgan fingerprint density at radius 1 is 1.18 bits per heavy atom. The first-order valence-electron chi connectivity index (χ1n) is 10.4. The van der Waals surface area contributed by atoms with E-state index < -0.39 is 17.9 Å². The summed E-state index contributed by atoms with van der Waals surface area (Å²) in [5.41, 5.74) is 7.08. The van der Waals surface area contributed by atoms with Gasteiger partial charge in [-0.3, -0.25) is 9.59 Å². The van der Waals surface area contributed by atoms with Gasteiger partial charge in [0.25, 0.3) is 11.8 Å². The number of thiazole rings is 1. The average molecular weight is 504 g/mol. The van der Waals surface area contributed by atoms with Crippen LogP contribution in [-0.2, 0) is 12.0 Å². The number of hydrogen-bond donors (Lipinski definition) is 4. The van der Waals surface area contributed by atoms with Crippen molar-refractivity contribution in [2.45, 2.75) is 45.7 Å². The van der Waals surface area contributed by atoms with Crippen LogP contribution in [0, 0.1) is 0 Å². The summed E-state index contributed by atoms with van der Waals surface area (Å²) in [5, 5.41) is 17.2. The van der Waals surface area contributed by atoms with Gasteiger partial charge in [0, 0.05) is 17.7 Å². The lowest BCUT2D eigenvalue weighted by molar-refractivity contribution is 0.0932. The number of amides is 2. The maximum absolute atomic E-state index is 12.8. The summed E-state index contributed by atoms with van der Waals surface area (Å²) in [5.74, 6) is -0.290. The van der Waals surface area contributed by atoms with Gasteiger partial charge in [0.05, 0.1) is 12.2 Å². The van der Waals surface area contributed by atoms with Gasteiger partial charge in [-0.1, -0.05) is 32.4 Å². The number of rotatable bonds is 7. The molecule has 13 heteroatoms. The molecule has 0 aliphatic rings. The van der Waals surface area contributed by atoms with E-state index in [9.17, 15) is 9.59 Å². The average Bonchev–Trinajstić information content (AvgIpc) is 3.26. The number of nitrogen functional groups attached to an aromatic ring is 1. The minimum atomic E-state index is -0.472. The van der Waals surface area contributed by atoms with E-state index >= 15 is 0 Å². The minimum Gasteiger partial charge on any atom is -0.383 e. The molecule has 180 valence electrons. The number of nitrogens with zero attached hydrogens (tertiary/aromatic N) is 5. The number of aromatic nitrogens is 5. The highest BCUT2D eigenvalue weighted by molar-refractivity contribution is 7.13. The highest BCUT2D eigenvalue weighted by atomic mass is 35.5. The standard InChI is InChI=1S/C21H26ClN9O2S/c1-10(28-19(33)15-11(7-24-5)17(23)27-9-26-15)20-25-8-13(34-20)18(32)29-14-6-12(21(2,3)4)16(22)31-30-14/h6,8-10,24H,7H2,1-5H3,(H,28,33)(H2,23,26,27)(H,29,30,32). The quantitative estimate of drug-likeness (QED) is 0.379. The summed E-state index contributed by atoms with van der Waals surface area (Å²) >= 11 is 7.30. The Bertz CT molecular complexity index is 1210. The maximum atomic E-state index is 12.8. The fourth-order valence-corrected chi connectivity index (χ4v) is 4.23. The topological polar surface area (TPSA) is 161 Å². The van der Waals surface area contributed by atoms with Crippen LogP contribution in [0.3, 0.4) is 0 Å². The van der Waals surface area contributed by atoms with Crippen molar-refractivity contribution in [2.24, 2.45) is 0 Å². The van der Waals surface area contributed by atoms with E-state index in [1.165, 1.54) is 12.5 Å². The van der Waals surface area contributed by atoms with Crippen LogP contribution in [0.5, 0.6) is 0 Å². The van der Waals surface area contributed by atoms with Gasteiger partial charge in [-0.25, -0.2) is 15.0 Å². The lowest BCUT2D eigenvalue weighted by Crippen LogP contribution is -2.29. The molecule has 0 radical (unpaired) electrons. The van der Waals surface area contributed by atoms with Gasteiger partial charge in [-0.15, -0.1) is 21.5 Å². The monoisotopic (exact) mass is 503 g/mol. The third kappa shape index (κ3) is 5.82. The summed E-state index contributed by atoms with van der Waals surface area (Å²) in [7, 11) is 1.73. The molecule has 0 fully saturated rings. The third-order valence-electron chi connectivity index (χ3n) is 4.81. The SMILES string of the molecule is CNCc1c(N)ncnc1C(=O)NC(C)c1ncc(C(=O)Nc2cc(C(C)(C)C)c(Cl)nn2)s1. The molecule has 1 unspecified atom stereocenters. The molecule has 0 aromatic carbocycles. The van der Waals surface area contributed by atoms with Crippen molar-refractivity contribution in [1.29, 1.82) is 0 Å². The van der Waals surface area contributed by atoms with Gasteiger partial charge in [-0.05, 0) is 25.5 Å². The Balaban J connectivity index is 1.71. The molecule has 34 heavy (non-hydrogen) atoms. The number of carbonyl (C=O) groups is 2. The van der Waals surface area contributed by atoms with E-state index in [1.54, 1.807) is 20.0 Å². The number of nitrogens with one attached hydrogen (secondary N) is 3. The van der Waals surface area contributed by atoms with Crippen LogP contribution < -0.4 is 21.7 Å². The third-order valence-corrected chi connectivity index (χ3v) is 6.27. The molecule has 0 saturated heterocycles. The summed E-state index contributed by atoms with van der Waals surface area (Å²) < 4.78 is 0. The summed E-state index contributed by atoms with van der Waals surface area (Å²) in [6.07, 6.45) is 2.69.